The van der Waals surface area contributed by atoms with Gasteiger partial charge in [0.15, 0.2) is 0 Å². The zero-order valence-corrected chi connectivity index (χ0v) is 10.8. The first-order valence-corrected chi connectivity index (χ1v) is 5.87. The van der Waals surface area contributed by atoms with Crippen molar-refractivity contribution < 1.29 is 9.47 Å². The molecule has 0 heterocycles. The molecule has 0 saturated carbocycles. The Morgan fingerprint density at radius 1 is 1.11 bits per heavy atom. The Balaban J connectivity index is 2.04. The van der Waals surface area contributed by atoms with Gasteiger partial charge in [0, 0.05) is 11.8 Å². The highest BCUT2D eigenvalue weighted by Gasteiger charge is 2.02. The standard InChI is InChI=1S/C14H14ClNO2/c1-17-12-5-2-10(3-6-12)9-18-14-8-11(16)4-7-13(14)15/h2-8H,9,16H2,1H3. The van der Waals surface area contributed by atoms with Crippen LogP contribution < -0.4 is 15.2 Å². The molecule has 2 aromatic rings. The largest absolute Gasteiger partial charge is 0.497 e. The van der Waals surface area contributed by atoms with Crippen LogP contribution in [0, 0.1) is 0 Å². The minimum absolute atomic E-state index is 0.438. The molecule has 2 N–H and O–H groups in total. The molecule has 0 aromatic heterocycles. The fraction of sp³-hybridized carbons (Fsp3) is 0.143. The lowest BCUT2D eigenvalue weighted by Crippen LogP contribution is -1.97. The Morgan fingerprint density at radius 3 is 2.50 bits per heavy atom. The molecule has 3 nitrogen and oxygen atoms in total. The van der Waals surface area contributed by atoms with Gasteiger partial charge in [-0.2, -0.15) is 0 Å². The molecule has 0 spiro atoms. The summed E-state index contributed by atoms with van der Waals surface area (Å²) >= 11 is 6.01. The van der Waals surface area contributed by atoms with E-state index in [4.69, 9.17) is 26.8 Å². The molecule has 4 heteroatoms. The smallest absolute Gasteiger partial charge is 0.140 e. The van der Waals surface area contributed by atoms with E-state index in [9.17, 15) is 0 Å². The monoisotopic (exact) mass is 263 g/mol. The van der Waals surface area contributed by atoms with Gasteiger partial charge in [0.05, 0.1) is 12.1 Å². The molecule has 0 aliphatic heterocycles. The maximum Gasteiger partial charge on any atom is 0.140 e. The van der Waals surface area contributed by atoms with E-state index < -0.39 is 0 Å². The lowest BCUT2D eigenvalue weighted by atomic mass is 10.2. The van der Waals surface area contributed by atoms with Crippen LogP contribution >= 0.6 is 11.6 Å². The van der Waals surface area contributed by atoms with Gasteiger partial charge in [0.2, 0.25) is 0 Å². The third-order valence-corrected chi connectivity index (χ3v) is 2.82. The van der Waals surface area contributed by atoms with E-state index in [1.54, 1.807) is 25.3 Å². The predicted octanol–water partition coefficient (Wildman–Crippen LogP) is 3.51. The van der Waals surface area contributed by atoms with Gasteiger partial charge in [-0.3, -0.25) is 0 Å². The second-order valence-corrected chi connectivity index (χ2v) is 4.23. The fourth-order valence-electron chi connectivity index (χ4n) is 1.51. The number of nitrogen functional groups attached to an aromatic ring is 1. The summed E-state index contributed by atoms with van der Waals surface area (Å²) in [4.78, 5) is 0. The Kier molecular flexibility index (Phi) is 3.95. The quantitative estimate of drug-likeness (QED) is 0.859. The van der Waals surface area contributed by atoms with Crippen LogP contribution in [0.3, 0.4) is 0 Å². The number of halogens is 1. The molecule has 0 bridgehead atoms. The summed E-state index contributed by atoms with van der Waals surface area (Å²) in [6.45, 7) is 0.438. The number of ether oxygens (including phenoxy) is 2. The summed E-state index contributed by atoms with van der Waals surface area (Å²) in [5.74, 6) is 1.41. The van der Waals surface area contributed by atoms with E-state index in [0.717, 1.165) is 11.3 Å². The molecule has 0 unspecified atom stereocenters. The zero-order valence-electron chi connectivity index (χ0n) is 10.0. The highest BCUT2D eigenvalue weighted by molar-refractivity contribution is 6.32. The normalized spacial score (nSPS) is 10.1. The fourth-order valence-corrected chi connectivity index (χ4v) is 1.69. The maximum absolute atomic E-state index is 6.01. The van der Waals surface area contributed by atoms with Crippen LogP contribution in [0.1, 0.15) is 5.56 Å². The van der Waals surface area contributed by atoms with Crippen molar-refractivity contribution in [3.05, 3.63) is 53.1 Å². The zero-order chi connectivity index (χ0) is 13.0. The first-order chi connectivity index (χ1) is 8.69. The van der Waals surface area contributed by atoms with Gasteiger partial charge in [0.1, 0.15) is 18.1 Å². The van der Waals surface area contributed by atoms with Crippen molar-refractivity contribution in [2.75, 3.05) is 12.8 Å². The summed E-state index contributed by atoms with van der Waals surface area (Å²) in [6.07, 6.45) is 0. The molecule has 2 rings (SSSR count). The van der Waals surface area contributed by atoms with Crippen LogP contribution in [-0.2, 0) is 6.61 Å². The first-order valence-electron chi connectivity index (χ1n) is 5.50. The lowest BCUT2D eigenvalue weighted by molar-refractivity contribution is 0.306. The van der Waals surface area contributed by atoms with E-state index >= 15 is 0 Å². The van der Waals surface area contributed by atoms with Gasteiger partial charge < -0.3 is 15.2 Å². The topological polar surface area (TPSA) is 44.5 Å². The highest BCUT2D eigenvalue weighted by Crippen LogP contribution is 2.27. The Bertz CT molecular complexity index is 526. The first kappa shape index (κ1) is 12.6. The molecule has 2 aromatic carbocycles. The summed E-state index contributed by atoms with van der Waals surface area (Å²) < 4.78 is 10.7. The number of hydrogen-bond donors (Lipinski definition) is 1. The van der Waals surface area contributed by atoms with Crippen molar-refractivity contribution in [2.24, 2.45) is 0 Å². The lowest BCUT2D eigenvalue weighted by Gasteiger charge is -2.09. The van der Waals surface area contributed by atoms with Crippen LogP contribution in [0.5, 0.6) is 11.5 Å². The van der Waals surface area contributed by atoms with Crippen LogP contribution in [0.15, 0.2) is 42.5 Å². The van der Waals surface area contributed by atoms with Crippen LogP contribution in [0.25, 0.3) is 0 Å². The second kappa shape index (κ2) is 5.65. The van der Waals surface area contributed by atoms with E-state index in [-0.39, 0.29) is 0 Å². The predicted molar refractivity (Wildman–Crippen MR) is 73.2 cm³/mol. The van der Waals surface area contributed by atoms with E-state index in [2.05, 4.69) is 0 Å². The van der Waals surface area contributed by atoms with Gasteiger partial charge in [0.25, 0.3) is 0 Å². The minimum Gasteiger partial charge on any atom is -0.497 e. The average molecular weight is 264 g/mol. The molecule has 18 heavy (non-hydrogen) atoms. The molecule has 0 radical (unpaired) electrons. The SMILES string of the molecule is COc1ccc(COc2cc(N)ccc2Cl)cc1. The van der Waals surface area contributed by atoms with Gasteiger partial charge in [-0.15, -0.1) is 0 Å². The van der Waals surface area contributed by atoms with Crippen LogP contribution in [0.2, 0.25) is 5.02 Å². The summed E-state index contributed by atoms with van der Waals surface area (Å²) in [5.41, 5.74) is 7.34. The third-order valence-electron chi connectivity index (χ3n) is 2.51. The van der Waals surface area contributed by atoms with E-state index in [1.807, 2.05) is 24.3 Å². The molecule has 0 aliphatic rings. The number of methoxy groups -OCH3 is 1. The molecule has 0 aliphatic carbocycles. The number of anilines is 1. The molecule has 0 fully saturated rings. The van der Waals surface area contributed by atoms with Gasteiger partial charge in [-0.1, -0.05) is 23.7 Å². The van der Waals surface area contributed by atoms with Crippen molar-refractivity contribution in [3.8, 4) is 11.5 Å². The minimum atomic E-state index is 0.438. The number of benzene rings is 2. The molecular formula is C14H14ClNO2. The number of rotatable bonds is 4. The molecule has 94 valence electrons. The molecule has 0 atom stereocenters. The molecule has 0 amide bonds. The van der Waals surface area contributed by atoms with Crippen molar-refractivity contribution in [3.63, 3.8) is 0 Å². The van der Waals surface area contributed by atoms with E-state index in [0.29, 0.717) is 23.1 Å². The van der Waals surface area contributed by atoms with Crippen LogP contribution in [-0.4, -0.2) is 7.11 Å². The van der Waals surface area contributed by atoms with Crippen molar-refractivity contribution in [1.82, 2.24) is 0 Å². The summed E-state index contributed by atoms with van der Waals surface area (Å²) in [5, 5.41) is 0.553. The van der Waals surface area contributed by atoms with Crippen molar-refractivity contribution in [1.29, 1.82) is 0 Å². The van der Waals surface area contributed by atoms with Gasteiger partial charge >= 0.3 is 0 Å². The van der Waals surface area contributed by atoms with Gasteiger partial charge in [-0.25, -0.2) is 0 Å². The van der Waals surface area contributed by atoms with Crippen molar-refractivity contribution >= 4 is 17.3 Å². The summed E-state index contributed by atoms with van der Waals surface area (Å²) in [7, 11) is 1.64. The maximum atomic E-state index is 6.01. The molecular weight excluding hydrogens is 250 g/mol. The number of hydrogen-bond acceptors (Lipinski definition) is 3. The van der Waals surface area contributed by atoms with Gasteiger partial charge in [-0.05, 0) is 29.8 Å². The van der Waals surface area contributed by atoms with E-state index in [1.165, 1.54) is 0 Å². The highest BCUT2D eigenvalue weighted by atomic mass is 35.5. The number of nitrogens with two attached hydrogens (primary N) is 1. The average Bonchev–Trinajstić information content (AvgIpc) is 2.40. The van der Waals surface area contributed by atoms with Crippen molar-refractivity contribution in [2.45, 2.75) is 6.61 Å². The van der Waals surface area contributed by atoms with Crippen LogP contribution in [0.4, 0.5) is 5.69 Å². The summed E-state index contributed by atoms with van der Waals surface area (Å²) in [6, 6.07) is 12.8. The Morgan fingerprint density at radius 2 is 1.83 bits per heavy atom. The Labute approximate surface area is 111 Å². The second-order valence-electron chi connectivity index (χ2n) is 3.83. The molecule has 0 saturated heterocycles. The Hall–Kier alpha value is -1.87. The third kappa shape index (κ3) is 3.08.